The van der Waals surface area contributed by atoms with Gasteiger partial charge in [0.05, 0.1) is 6.54 Å². The van der Waals surface area contributed by atoms with E-state index in [2.05, 4.69) is 47.0 Å². The highest BCUT2D eigenvalue weighted by molar-refractivity contribution is 5.81. The summed E-state index contributed by atoms with van der Waals surface area (Å²) in [5.41, 5.74) is 9.63. The van der Waals surface area contributed by atoms with Gasteiger partial charge in [-0.1, -0.05) is 28.9 Å². The SMILES string of the molecule is Cc1ccc(C)c(CN2CCN(CC(N)=NO)CC2)c1. The van der Waals surface area contributed by atoms with Crippen molar-refractivity contribution in [2.24, 2.45) is 10.9 Å². The lowest BCUT2D eigenvalue weighted by Gasteiger charge is -2.34. The fraction of sp³-hybridized carbons (Fsp3) is 0.533. The molecule has 0 unspecified atom stereocenters. The summed E-state index contributed by atoms with van der Waals surface area (Å²) in [5, 5.41) is 11.6. The van der Waals surface area contributed by atoms with Crippen molar-refractivity contribution in [2.75, 3.05) is 32.7 Å². The van der Waals surface area contributed by atoms with E-state index in [0.717, 1.165) is 32.7 Å². The Morgan fingerprint density at radius 3 is 2.50 bits per heavy atom. The first-order valence-corrected chi connectivity index (χ1v) is 7.05. The summed E-state index contributed by atoms with van der Waals surface area (Å²) in [6.45, 7) is 9.82. The molecular formula is C15H24N4O. The van der Waals surface area contributed by atoms with Crippen LogP contribution in [0.5, 0.6) is 0 Å². The molecule has 0 bridgehead atoms. The van der Waals surface area contributed by atoms with Crippen LogP contribution in [0.3, 0.4) is 0 Å². The van der Waals surface area contributed by atoms with Gasteiger partial charge >= 0.3 is 0 Å². The van der Waals surface area contributed by atoms with E-state index >= 15 is 0 Å². The molecule has 1 fully saturated rings. The highest BCUT2D eigenvalue weighted by atomic mass is 16.4. The molecule has 0 spiro atoms. The van der Waals surface area contributed by atoms with Crippen LogP contribution in [-0.2, 0) is 6.54 Å². The van der Waals surface area contributed by atoms with Gasteiger partial charge in [0.2, 0.25) is 0 Å². The molecule has 1 heterocycles. The van der Waals surface area contributed by atoms with Gasteiger partial charge in [-0.15, -0.1) is 0 Å². The number of piperazine rings is 1. The molecule has 0 radical (unpaired) electrons. The van der Waals surface area contributed by atoms with Crippen molar-refractivity contribution in [1.82, 2.24) is 9.80 Å². The number of hydrogen-bond donors (Lipinski definition) is 2. The van der Waals surface area contributed by atoms with Gasteiger partial charge in [0.15, 0.2) is 5.84 Å². The molecule has 1 aliphatic heterocycles. The number of rotatable bonds is 4. The van der Waals surface area contributed by atoms with Crippen LogP contribution in [-0.4, -0.2) is 53.6 Å². The molecule has 1 aromatic rings. The molecule has 2 rings (SSSR count). The van der Waals surface area contributed by atoms with Gasteiger partial charge in [-0.2, -0.15) is 0 Å². The lowest BCUT2D eigenvalue weighted by molar-refractivity contribution is 0.138. The Bertz CT molecular complexity index is 479. The number of amidine groups is 1. The van der Waals surface area contributed by atoms with E-state index in [-0.39, 0.29) is 5.84 Å². The Kier molecular flexibility index (Phi) is 4.98. The van der Waals surface area contributed by atoms with Gasteiger partial charge in [0.1, 0.15) is 0 Å². The van der Waals surface area contributed by atoms with Gasteiger partial charge in [-0.3, -0.25) is 9.80 Å². The van der Waals surface area contributed by atoms with Crippen molar-refractivity contribution in [1.29, 1.82) is 0 Å². The standard InChI is InChI=1S/C15H24N4O/c1-12-3-4-13(2)14(9-12)10-18-5-7-19(8-6-18)11-15(16)17-20/h3-4,9,20H,5-8,10-11H2,1-2H3,(H2,16,17). The molecule has 3 N–H and O–H groups in total. The van der Waals surface area contributed by atoms with Gasteiger partial charge in [-0.25, -0.2) is 0 Å². The van der Waals surface area contributed by atoms with Crippen molar-refractivity contribution < 1.29 is 5.21 Å². The Morgan fingerprint density at radius 2 is 1.85 bits per heavy atom. The number of nitrogens with zero attached hydrogens (tertiary/aromatic N) is 3. The number of oxime groups is 1. The maximum Gasteiger partial charge on any atom is 0.153 e. The topological polar surface area (TPSA) is 65.1 Å². The molecule has 0 aliphatic carbocycles. The largest absolute Gasteiger partial charge is 0.409 e. The molecule has 0 saturated carbocycles. The average molecular weight is 276 g/mol. The van der Waals surface area contributed by atoms with Crippen LogP contribution < -0.4 is 5.73 Å². The van der Waals surface area contributed by atoms with Crippen LogP contribution in [0, 0.1) is 13.8 Å². The Balaban J connectivity index is 1.87. The van der Waals surface area contributed by atoms with Crippen LogP contribution in [0.1, 0.15) is 16.7 Å². The quantitative estimate of drug-likeness (QED) is 0.375. The third kappa shape index (κ3) is 3.95. The monoisotopic (exact) mass is 276 g/mol. The first-order valence-electron chi connectivity index (χ1n) is 7.05. The van der Waals surface area contributed by atoms with Crippen LogP contribution in [0.2, 0.25) is 0 Å². The van der Waals surface area contributed by atoms with E-state index in [9.17, 15) is 0 Å². The zero-order valence-corrected chi connectivity index (χ0v) is 12.3. The molecule has 1 aromatic carbocycles. The minimum atomic E-state index is 0.285. The summed E-state index contributed by atoms with van der Waals surface area (Å²) in [6.07, 6.45) is 0. The average Bonchev–Trinajstić information content (AvgIpc) is 2.45. The number of nitrogens with two attached hydrogens (primary N) is 1. The van der Waals surface area contributed by atoms with E-state index in [4.69, 9.17) is 10.9 Å². The first kappa shape index (κ1) is 14.8. The van der Waals surface area contributed by atoms with E-state index < -0.39 is 0 Å². The minimum Gasteiger partial charge on any atom is -0.409 e. The molecule has 1 aliphatic rings. The Labute approximate surface area is 120 Å². The van der Waals surface area contributed by atoms with E-state index in [1.165, 1.54) is 16.7 Å². The highest BCUT2D eigenvalue weighted by Crippen LogP contribution is 2.14. The second kappa shape index (κ2) is 6.72. The van der Waals surface area contributed by atoms with Crippen molar-refractivity contribution >= 4 is 5.84 Å². The van der Waals surface area contributed by atoms with E-state index in [1.807, 2.05) is 0 Å². The van der Waals surface area contributed by atoms with E-state index in [1.54, 1.807) is 0 Å². The van der Waals surface area contributed by atoms with Crippen molar-refractivity contribution in [3.63, 3.8) is 0 Å². The van der Waals surface area contributed by atoms with Crippen LogP contribution in [0.4, 0.5) is 0 Å². The van der Waals surface area contributed by atoms with Crippen molar-refractivity contribution in [2.45, 2.75) is 20.4 Å². The van der Waals surface area contributed by atoms with Gasteiger partial charge in [0.25, 0.3) is 0 Å². The molecule has 0 atom stereocenters. The molecule has 110 valence electrons. The number of benzene rings is 1. The van der Waals surface area contributed by atoms with Crippen LogP contribution in [0.15, 0.2) is 23.4 Å². The molecule has 5 heteroatoms. The minimum absolute atomic E-state index is 0.285. The van der Waals surface area contributed by atoms with Crippen LogP contribution >= 0.6 is 0 Å². The summed E-state index contributed by atoms with van der Waals surface area (Å²) in [5.74, 6) is 0.285. The van der Waals surface area contributed by atoms with Crippen LogP contribution in [0.25, 0.3) is 0 Å². The number of hydrogen-bond acceptors (Lipinski definition) is 4. The molecule has 0 amide bonds. The highest BCUT2D eigenvalue weighted by Gasteiger charge is 2.18. The lowest BCUT2D eigenvalue weighted by atomic mass is 10.0. The van der Waals surface area contributed by atoms with E-state index in [0.29, 0.717) is 6.54 Å². The molecule has 1 saturated heterocycles. The second-order valence-electron chi connectivity index (χ2n) is 5.57. The first-order chi connectivity index (χ1) is 9.58. The molecule has 0 aromatic heterocycles. The maximum absolute atomic E-state index is 8.59. The van der Waals surface area contributed by atoms with Crippen molar-refractivity contribution in [3.8, 4) is 0 Å². The second-order valence-corrected chi connectivity index (χ2v) is 5.57. The molecular weight excluding hydrogens is 252 g/mol. The van der Waals surface area contributed by atoms with Gasteiger partial charge in [0, 0.05) is 32.7 Å². The smallest absolute Gasteiger partial charge is 0.153 e. The predicted octanol–water partition coefficient (Wildman–Crippen LogP) is 1.17. The fourth-order valence-electron chi connectivity index (χ4n) is 2.58. The summed E-state index contributed by atoms with van der Waals surface area (Å²) in [4.78, 5) is 4.68. The summed E-state index contributed by atoms with van der Waals surface area (Å²) < 4.78 is 0. The third-order valence-electron chi connectivity index (χ3n) is 3.88. The van der Waals surface area contributed by atoms with Gasteiger partial charge in [-0.05, 0) is 25.0 Å². The molecule has 20 heavy (non-hydrogen) atoms. The summed E-state index contributed by atoms with van der Waals surface area (Å²) in [6, 6.07) is 6.63. The normalized spacial score (nSPS) is 18.4. The zero-order chi connectivity index (χ0) is 14.5. The zero-order valence-electron chi connectivity index (χ0n) is 12.3. The Hall–Kier alpha value is -1.59. The lowest BCUT2D eigenvalue weighted by Crippen LogP contribution is -2.48. The Morgan fingerprint density at radius 1 is 1.20 bits per heavy atom. The fourth-order valence-corrected chi connectivity index (χ4v) is 2.58. The summed E-state index contributed by atoms with van der Waals surface area (Å²) in [7, 11) is 0. The van der Waals surface area contributed by atoms with Crippen molar-refractivity contribution in [3.05, 3.63) is 34.9 Å². The maximum atomic E-state index is 8.59. The summed E-state index contributed by atoms with van der Waals surface area (Å²) >= 11 is 0. The third-order valence-corrected chi connectivity index (χ3v) is 3.88. The number of aryl methyl sites for hydroxylation is 2. The predicted molar refractivity (Wildman–Crippen MR) is 81.0 cm³/mol. The van der Waals surface area contributed by atoms with Gasteiger partial charge < -0.3 is 10.9 Å². The molecule has 5 nitrogen and oxygen atoms in total.